The van der Waals surface area contributed by atoms with Crippen molar-refractivity contribution in [2.24, 2.45) is 0 Å². The second kappa shape index (κ2) is 12.3. The molecule has 0 spiro atoms. The van der Waals surface area contributed by atoms with Gasteiger partial charge in [0.05, 0.1) is 21.4 Å². The smallest absolute Gasteiger partial charge is 0.323 e. The molecule has 2 amide bonds. The summed E-state index contributed by atoms with van der Waals surface area (Å²) >= 11 is 15.5. The van der Waals surface area contributed by atoms with Crippen LogP contribution < -0.4 is 9.80 Å². The number of amides is 2. The standard InChI is InChI=1S/2C13H10N2O3S3/c2*1-14-7-4-2-3-5-8(7)20-12(14)10-11(18)15(6-9(16)17)13(19)21-10/h2*2-5H,6H2,1H3,(H,16,17). The lowest BCUT2D eigenvalue weighted by molar-refractivity contribution is -0.140. The number of carbonyl (C=O) groups excluding carboxylic acids is 2. The summed E-state index contributed by atoms with van der Waals surface area (Å²) in [6.07, 6.45) is 0. The third kappa shape index (κ3) is 5.78. The van der Waals surface area contributed by atoms with Crippen LogP contribution in [0.4, 0.5) is 11.4 Å². The van der Waals surface area contributed by atoms with E-state index in [0.717, 1.165) is 64.5 Å². The summed E-state index contributed by atoms with van der Waals surface area (Å²) in [5, 5.41) is 19.3. The number of carboxylic acid groups (broad SMARTS) is 2. The topological polar surface area (TPSA) is 122 Å². The van der Waals surface area contributed by atoms with E-state index in [4.69, 9.17) is 34.6 Å². The summed E-state index contributed by atoms with van der Waals surface area (Å²) in [4.78, 5) is 55.7. The normalized spacial score (nSPS) is 21.2. The zero-order valence-electron chi connectivity index (χ0n) is 21.8. The SMILES string of the molecule is CN1C(=C2SC(=S)N(CC(=O)O)C2=O)Sc2ccccc21.CN1C(=C2SC(=S)N(CC(=O)O)C2=O)Sc2ccccc21. The maximum Gasteiger partial charge on any atom is 0.323 e. The highest BCUT2D eigenvalue weighted by Crippen LogP contribution is 2.51. The Bertz CT molecular complexity index is 1520. The number of thiocarbonyl (C=S) groups is 2. The quantitative estimate of drug-likeness (QED) is 0.344. The summed E-state index contributed by atoms with van der Waals surface area (Å²) in [5.41, 5.74) is 2.06. The number of benzene rings is 2. The summed E-state index contributed by atoms with van der Waals surface area (Å²) in [7, 11) is 3.77. The van der Waals surface area contributed by atoms with Gasteiger partial charge in [0.15, 0.2) is 0 Å². The number of rotatable bonds is 4. The molecule has 6 rings (SSSR count). The van der Waals surface area contributed by atoms with Gasteiger partial charge in [-0.15, -0.1) is 0 Å². The number of fused-ring (bicyclic) bond motifs is 2. The summed E-state index contributed by atoms with van der Waals surface area (Å²) < 4.78 is 0.574. The van der Waals surface area contributed by atoms with Gasteiger partial charge < -0.3 is 20.0 Å². The Morgan fingerprint density at radius 3 is 1.36 bits per heavy atom. The van der Waals surface area contributed by atoms with E-state index in [2.05, 4.69) is 0 Å². The van der Waals surface area contributed by atoms with Crippen LogP contribution in [0.2, 0.25) is 0 Å². The molecule has 16 heteroatoms. The second-order valence-electron chi connectivity index (χ2n) is 8.83. The van der Waals surface area contributed by atoms with Gasteiger partial charge in [0.25, 0.3) is 11.8 Å². The Morgan fingerprint density at radius 2 is 1.02 bits per heavy atom. The fourth-order valence-electron chi connectivity index (χ4n) is 4.20. The summed E-state index contributed by atoms with van der Waals surface area (Å²) in [6, 6.07) is 15.7. The van der Waals surface area contributed by atoms with Crippen LogP contribution in [0.15, 0.2) is 78.2 Å². The Morgan fingerprint density at radius 1 is 0.667 bits per heavy atom. The predicted molar refractivity (Wildman–Crippen MR) is 175 cm³/mol. The number of para-hydroxylation sites is 2. The molecule has 0 aliphatic carbocycles. The average Bonchev–Trinajstić information content (AvgIpc) is 3.63. The monoisotopic (exact) mass is 676 g/mol. The number of nitrogens with zero attached hydrogens (tertiary/aromatic N) is 4. The summed E-state index contributed by atoms with van der Waals surface area (Å²) in [5.74, 6) is -2.83. The average molecular weight is 677 g/mol. The molecule has 4 heterocycles. The van der Waals surface area contributed by atoms with Gasteiger partial charge in [-0.05, 0) is 24.3 Å². The zero-order chi connectivity index (χ0) is 30.3. The Balaban J connectivity index is 0.000000168. The fraction of sp³-hybridized carbons (Fsp3) is 0.154. The first-order valence-corrected chi connectivity index (χ1v) is 16.1. The van der Waals surface area contributed by atoms with Crippen LogP contribution in [0, 0.1) is 0 Å². The van der Waals surface area contributed by atoms with Crippen LogP contribution in [0.25, 0.3) is 0 Å². The molecule has 0 aromatic heterocycles. The maximum absolute atomic E-state index is 12.4. The van der Waals surface area contributed by atoms with Crippen molar-refractivity contribution in [2.75, 3.05) is 37.0 Å². The molecule has 2 aromatic carbocycles. The van der Waals surface area contributed by atoms with Crippen LogP contribution in [-0.2, 0) is 19.2 Å². The molecule has 0 saturated carbocycles. The van der Waals surface area contributed by atoms with Crippen molar-refractivity contribution in [1.82, 2.24) is 9.80 Å². The highest BCUT2D eigenvalue weighted by molar-refractivity contribution is 8.27. The highest BCUT2D eigenvalue weighted by Gasteiger charge is 2.40. The number of carboxylic acids is 2. The predicted octanol–water partition coefficient (Wildman–Crippen LogP) is 4.69. The molecule has 10 nitrogen and oxygen atoms in total. The van der Waals surface area contributed by atoms with Gasteiger partial charge in [0.2, 0.25) is 0 Å². The first-order chi connectivity index (χ1) is 20.0. The van der Waals surface area contributed by atoms with Crippen LogP contribution in [0.3, 0.4) is 0 Å². The number of anilines is 2. The van der Waals surface area contributed by atoms with Gasteiger partial charge in [-0.1, -0.05) is 95.7 Å². The molecule has 0 unspecified atom stereocenters. The second-order valence-corrected chi connectivity index (χ2v) is 14.2. The van der Waals surface area contributed by atoms with Crippen molar-refractivity contribution in [3.8, 4) is 0 Å². The molecule has 4 aliphatic heterocycles. The minimum absolute atomic E-state index is 0.287. The Kier molecular flexibility index (Phi) is 8.91. The van der Waals surface area contributed by atoms with E-state index in [9.17, 15) is 19.2 Å². The van der Waals surface area contributed by atoms with E-state index in [0.29, 0.717) is 9.81 Å². The van der Waals surface area contributed by atoms with Gasteiger partial charge >= 0.3 is 11.9 Å². The largest absolute Gasteiger partial charge is 0.480 e. The number of hydrogen-bond donors (Lipinski definition) is 2. The molecule has 0 radical (unpaired) electrons. The van der Waals surface area contributed by atoms with Gasteiger partial charge in [0, 0.05) is 23.9 Å². The third-order valence-corrected chi connectivity index (χ3v) is 11.8. The molecular formula is C26H20N4O6S6. The lowest BCUT2D eigenvalue weighted by Crippen LogP contribution is -2.33. The Hall–Kier alpha value is -3.02. The Labute approximate surface area is 268 Å². The van der Waals surface area contributed by atoms with E-state index in [1.54, 1.807) is 0 Å². The minimum atomic E-state index is -1.08. The van der Waals surface area contributed by atoms with Crippen molar-refractivity contribution in [3.05, 3.63) is 68.4 Å². The van der Waals surface area contributed by atoms with Gasteiger partial charge in [-0.25, -0.2) is 0 Å². The summed E-state index contributed by atoms with van der Waals surface area (Å²) in [6.45, 7) is -0.800. The number of aliphatic carboxylic acids is 2. The number of thioether (sulfide) groups is 4. The number of hydrogen-bond acceptors (Lipinski definition) is 12. The first kappa shape index (κ1) is 30.4. The molecule has 42 heavy (non-hydrogen) atoms. The molecule has 2 aromatic rings. The van der Waals surface area contributed by atoms with E-state index in [1.165, 1.54) is 23.5 Å². The molecule has 2 N–H and O–H groups in total. The van der Waals surface area contributed by atoms with E-state index < -0.39 is 25.0 Å². The highest BCUT2D eigenvalue weighted by atomic mass is 32.2. The molecule has 0 bridgehead atoms. The molecule has 2 saturated heterocycles. The van der Waals surface area contributed by atoms with Crippen molar-refractivity contribution >= 4 is 115 Å². The third-order valence-electron chi connectivity index (χ3n) is 6.15. The van der Waals surface area contributed by atoms with Crippen molar-refractivity contribution < 1.29 is 29.4 Å². The van der Waals surface area contributed by atoms with Crippen LogP contribution in [-0.4, -0.2) is 79.6 Å². The number of carbonyl (C=O) groups is 4. The van der Waals surface area contributed by atoms with Crippen LogP contribution in [0.5, 0.6) is 0 Å². The molecule has 2 fully saturated rings. The lowest BCUT2D eigenvalue weighted by atomic mass is 10.3. The van der Waals surface area contributed by atoms with Crippen LogP contribution in [0.1, 0.15) is 0 Å². The van der Waals surface area contributed by atoms with Gasteiger partial charge in [-0.3, -0.25) is 29.0 Å². The van der Waals surface area contributed by atoms with Crippen molar-refractivity contribution in [3.63, 3.8) is 0 Å². The first-order valence-electron chi connectivity index (χ1n) is 12.0. The molecular weight excluding hydrogens is 657 g/mol. The maximum atomic E-state index is 12.4. The van der Waals surface area contributed by atoms with Gasteiger partial charge in [-0.2, -0.15) is 0 Å². The minimum Gasteiger partial charge on any atom is -0.480 e. The van der Waals surface area contributed by atoms with Crippen molar-refractivity contribution in [1.29, 1.82) is 0 Å². The van der Waals surface area contributed by atoms with Gasteiger partial charge in [0.1, 0.15) is 31.5 Å². The van der Waals surface area contributed by atoms with Crippen molar-refractivity contribution in [2.45, 2.75) is 9.79 Å². The lowest BCUT2D eigenvalue weighted by Gasteiger charge is -2.15. The molecule has 0 atom stereocenters. The molecule has 4 aliphatic rings. The van der Waals surface area contributed by atoms with E-state index >= 15 is 0 Å². The molecule has 216 valence electrons. The van der Waals surface area contributed by atoms with E-state index in [-0.39, 0.29) is 20.5 Å². The van der Waals surface area contributed by atoms with E-state index in [1.807, 2.05) is 72.4 Å². The fourth-order valence-corrected chi connectivity index (χ4v) is 9.36. The van der Waals surface area contributed by atoms with Crippen LogP contribution >= 0.6 is 71.5 Å². The zero-order valence-corrected chi connectivity index (χ0v) is 26.7.